The van der Waals surface area contributed by atoms with Crippen LogP contribution in [0.3, 0.4) is 0 Å². The zero-order valence-electron chi connectivity index (χ0n) is 14.5. The topological polar surface area (TPSA) is 99.4 Å². The van der Waals surface area contributed by atoms with Crippen LogP contribution >= 0.6 is 0 Å². The van der Waals surface area contributed by atoms with E-state index >= 15 is 0 Å². The number of nitrogens with one attached hydrogen (secondary N) is 1. The van der Waals surface area contributed by atoms with E-state index in [9.17, 15) is 14.5 Å². The Morgan fingerprint density at radius 3 is 2.52 bits per heavy atom. The molecule has 0 amide bonds. The average Bonchev–Trinajstić information content (AvgIpc) is 2.68. The summed E-state index contributed by atoms with van der Waals surface area (Å²) in [5, 5.41) is 14.1. The molecule has 2 aromatic carbocycles. The molecular formula is C18H15FN4O4. The minimum atomic E-state index is -0.529. The molecule has 27 heavy (non-hydrogen) atoms. The number of rotatable bonds is 6. The number of halogens is 1. The molecule has 0 bridgehead atoms. The summed E-state index contributed by atoms with van der Waals surface area (Å²) in [4.78, 5) is 18.9. The molecule has 1 aromatic heterocycles. The van der Waals surface area contributed by atoms with Crippen molar-refractivity contribution in [1.82, 2.24) is 9.97 Å². The molecule has 0 spiro atoms. The summed E-state index contributed by atoms with van der Waals surface area (Å²) >= 11 is 0. The number of aromatic nitrogens is 2. The van der Waals surface area contributed by atoms with Crippen LogP contribution in [0, 0.1) is 15.9 Å². The summed E-state index contributed by atoms with van der Waals surface area (Å²) in [7, 11) is 2.80. The second-order valence-corrected chi connectivity index (χ2v) is 5.40. The summed E-state index contributed by atoms with van der Waals surface area (Å²) < 4.78 is 23.6. The fraction of sp³-hybridized carbons (Fsp3) is 0.111. The lowest BCUT2D eigenvalue weighted by atomic mass is 10.1. The predicted molar refractivity (Wildman–Crippen MR) is 96.9 cm³/mol. The van der Waals surface area contributed by atoms with Gasteiger partial charge in [0.05, 0.1) is 24.8 Å². The monoisotopic (exact) mass is 370 g/mol. The standard InChI is InChI=1S/C18H15FN4O4/c1-26-16-6-4-12(8-15(16)23(24)25)22-18-9-14(20-10-21-18)13-5-3-11(19)7-17(13)27-2/h3-10H,1-2H3,(H,20,21,22). The fourth-order valence-corrected chi connectivity index (χ4v) is 2.51. The van der Waals surface area contributed by atoms with Crippen molar-refractivity contribution >= 4 is 17.2 Å². The van der Waals surface area contributed by atoms with Crippen LogP contribution < -0.4 is 14.8 Å². The molecule has 1 heterocycles. The van der Waals surface area contributed by atoms with Crippen molar-refractivity contribution in [2.24, 2.45) is 0 Å². The SMILES string of the molecule is COc1cc(F)ccc1-c1cc(Nc2ccc(OC)c([N+](=O)[O-])c2)ncn1. The Balaban J connectivity index is 1.93. The number of ether oxygens (including phenoxy) is 2. The van der Waals surface area contributed by atoms with E-state index < -0.39 is 10.7 Å². The Morgan fingerprint density at radius 2 is 1.81 bits per heavy atom. The number of hydrogen-bond donors (Lipinski definition) is 1. The Labute approximate surface area is 153 Å². The largest absolute Gasteiger partial charge is 0.496 e. The van der Waals surface area contributed by atoms with Crippen molar-refractivity contribution in [3.8, 4) is 22.8 Å². The van der Waals surface area contributed by atoms with Gasteiger partial charge in [-0.1, -0.05) is 0 Å². The second kappa shape index (κ2) is 7.65. The van der Waals surface area contributed by atoms with Crippen LogP contribution in [0.5, 0.6) is 11.5 Å². The van der Waals surface area contributed by atoms with E-state index in [0.29, 0.717) is 28.5 Å². The summed E-state index contributed by atoms with van der Waals surface area (Å²) in [5.41, 5.74) is 1.38. The molecule has 138 valence electrons. The zero-order valence-corrected chi connectivity index (χ0v) is 14.5. The number of methoxy groups -OCH3 is 2. The quantitative estimate of drug-likeness (QED) is 0.518. The molecular weight excluding hydrogens is 355 g/mol. The van der Waals surface area contributed by atoms with Gasteiger partial charge in [-0.25, -0.2) is 14.4 Å². The van der Waals surface area contributed by atoms with Gasteiger partial charge in [-0.3, -0.25) is 10.1 Å². The maximum Gasteiger partial charge on any atom is 0.312 e. The first-order valence-electron chi connectivity index (χ1n) is 7.77. The summed E-state index contributed by atoms with van der Waals surface area (Å²) in [6.07, 6.45) is 1.33. The normalized spacial score (nSPS) is 10.3. The van der Waals surface area contributed by atoms with Crippen molar-refractivity contribution in [3.63, 3.8) is 0 Å². The lowest BCUT2D eigenvalue weighted by molar-refractivity contribution is -0.385. The lowest BCUT2D eigenvalue weighted by Crippen LogP contribution is -1.99. The number of nitro groups is 1. The van der Waals surface area contributed by atoms with Crippen LogP contribution in [0.15, 0.2) is 48.8 Å². The van der Waals surface area contributed by atoms with Crippen molar-refractivity contribution in [3.05, 3.63) is 64.7 Å². The smallest absolute Gasteiger partial charge is 0.312 e. The molecule has 0 atom stereocenters. The Bertz CT molecular complexity index is 997. The van der Waals surface area contributed by atoms with Crippen molar-refractivity contribution < 1.29 is 18.8 Å². The van der Waals surface area contributed by atoms with E-state index in [-0.39, 0.29) is 11.4 Å². The Hall–Kier alpha value is -3.75. The number of hydrogen-bond acceptors (Lipinski definition) is 7. The third-order valence-electron chi connectivity index (χ3n) is 3.75. The average molecular weight is 370 g/mol. The fourth-order valence-electron chi connectivity index (χ4n) is 2.51. The molecule has 0 saturated carbocycles. The van der Waals surface area contributed by atoms with E-state index in [2.05, 4.69) is 15.3 Å². The molecule has 1 N–H and O–H groups in total. The number of benzene rings is 2. The third kappa shape index (κ3) is 3.92. The highest BCUT2D eigenvalue weighted by molar-refractivity contribution is 5.71. The number of nitro benzene ring substituents is 1. The molecule has 3 aromatic rings. The van der Waals surface area contributed by atoms with E-state index in [1.165, 1.54) is 44.8 Å². The van der Waals surface area contributed by atoms with Crippen LogP contribution in [0.1, 0.15) is 0 Å². The number of anilines is 2. The molecule has 0 aliphatic rings. The first-order chi connectivity index (χ1) is 13.0. The highest BCUT2D eigenvalue weighted by atomic mass is 19.1. The van der Waals surface area contributed by atoms with Crippen molar-refractivity contribution in [1.29, 1.82) is 0 Å². The van der Waals surface area contributed by atoms with Gasteiger partial charge in [-0.15, -0.1) is 0 Å². The maximum atomic E-state index is 13.4. The summed E-state index contributed by atoms with van der Waals surface area (Å²) in [6.45, 7) is 0. The first kappa shape index (κ1) is 18.1. The van der Waals surface area contributed by atoms with Crippen molar-refractivity contribution in [2.45, 2.75) is 0 Å². The predicted octanol–water partition coefficient (Wildman–Crippen LogP) is 3.95. The molecule has 0 unspecified atom stereocenters. The maximum absolute atomic E-state index is 13.4. The van der Waals surface area contributed by atoms with Crippen LogP contribution in [-0.4, -0.2) is 29.1 Å². The lowest BCUT2D eigenvalue weighted by Gasteiger charge is -2.10. The highest BCUT2D eigenvalue weighted by Crippen LogP contribution is 2.32. The van der Waals surface area contributed by atoms with E-state index in [4.69, 9.17) is 9.47 Å². The first-order valence-corrected chi connectivity index (χ1v) is 7.77. The van der Waals surface area contributed by atoms with Gasteiger partial charge in [0.1, 0.15) is 23.7 Å². The van der Waals surface area contributed by atoms with Gasteiger partial charge in [-0.2, -0.15) is 0 Å². The van der Waals surface area contributed by atoms with Gasteiger partial charge in [-0.05, 0) is 24.3 Å². The highest BCUT2D eigenvalue weighted by Gasteiger charge is 2.16. The summed E-state index contributed by atoms with van der Waals surface area (Å²) in [5.74, 6) is 0.476. The molecule has 0 saturated heterocycles. The van der Waals surface area contributed by atoms with Crippen molar-refractivity contribution in [2.75, 3.05) is 19.5 Å². The minimum absolute atomic E-state index is 0.157. The van der Waals surface area contributed by atoms with Gasteiger partial charge in [0.15, 0.2) is 5.75 Å². The second-order valence-electron chi connectivity index (χ2n) is 5.40. The van der Waals surface area contributed by atoms with E-state index in [0.717, 1.165) is 0 Å². The molecule has 0 radical (unpaired) electrons. The zero-order chi connectivity index (χ0) is 19.4. The summed E-state index contributed by atoms with van der Waals surface area (Å²) in [6, 6.07) is 10.2. The van der Waals surface area contributed by atoms with Gasteiger partial charge in [0.25, 0.3) is 0 Å². The van der Waals surface area contributed by atoms with E-state index in [1.54, 1.807) is 18.2 Å². The van der Waals surface area contributed by atoms with Crippen LogP contribution in [-0.2, 0) is 0 Å². The molecule has 0 aliphatic heterocycles. The minimum Gasteiger partial charge on any atom is -0.496 e. The van der Waals surface area contributed by atoms with Crippen LogP contribution in [0.25, 0.3) is 11.3 Å². The number of nitrogens with zero attached hydrogens (tertiary/aromatic N) is 3. The van der Waals surface area contributed by atoms with E-state index in [1.807, 2.05) is 0 Å². The van der Waals surface area contributed by atoms with Gasteiger partial charge < -0.3 is 14.8 Å². The van der Waals surface area contributed by atoms with Gasteiger partial charge in [0, 0.05) is 29.4 Å². The molecule has 3 rings (SSSR count). The van der Waals surface area contributed by atoms with Gasteiger partial charge >= 0.3 is 5.69 Å². The molecule has 0 aliphatic carbocycles. The Morgan fingerprint density at radius 1 is 1.04 bits per heavy atom. The molecule has 9 heteroatoms. The molecule has 0 fully saturated rings. The third-order valence-corrected chi connectivity index (χ3v) is 3.75. The Kier molecular flexibility index (Phi) is 5.11. The van der Waals surface area contributed by atoms with Crippen LogP contribution in [0.2, 0.25) is 0 Å². The van der Waals surface area contributed by atoms with Gasteiger partial charge in [0.2, 0.25) is 0 Å². The van der Waals surface area contributed by atoms with Crippen LogP contribution in [0.4, 0.5) is 21.6 Å². The molecule has 8 nitrogen and oxygen atoms in total.